The van der Waals surface area contributed by atoms with Crippen LogP contribution in [0.3, 0.4) is 0 Å². The third-order valence-corrected chi connectivity index (χ3v) is 4.25. The van der Waals surface area contributed by atoms with E-state index < -0.39 is 0 Å². The fourth-order valence-electron chi connectivity index (χ4n) is 2.14. The molecule has 0 spiro atoms. The summed E-state index contributed by atoms with van der Waals surface area (Å²) in [7, 11) is 1.99. The van der Waals surface area contributed by atoms with Crippen molar-refractivity contribution < 1.29 is 0 Å². The first-order valence-electron chi connectivity index (χ1n) is 6.62. The molecule has 0 aliphatic heterocycles. The lowest BCUT2D eigenvalue weighted by molar-refractivity contribution is 0.589. The fourth-order valence-corrected chi connectivity index (χ4v) is 3.28. The van der Waals surface area contributed by atoms with Crippen molar-refractivity contribution in [3.63, 3.8) is 0 Å². The predicted octanol–water partition coefficient (Wildman–Crippen LogP) is 3.55. The summed E-state index contributed by atoms with van der Waals surface area (Å²) >= 11 is 1.78. The van der Waals surface area contributed by atoms with Crippen LogP contribution in [0.1, 0.15) is 31.1 Å². The molecule has 0 aliphatic rings. The van der Waals surface area contributed by atoms with Gasteiger partial charge in [0.05, 0.1) is 10.7 Å². The van der Waals surface area contributed by atoms with E-state index in [2.05, 4.69) is 54.6 Å². The van der Waals surface area contributed by atoms with Gasteiger partial charge in [-0.15, -0.1) is 0 Å². The monoisotopic (exact) mass is 275 g/mol. The van der Waals surface area contributed by atoms with Gasteiger partial charge in [0.15, 0.2) is 0 Å². The highest BCUT2D eigenvalue weighted by atomic mass is 32.2. The van der Waals surface area contributed by atoms with Gasteiger partial charge in [0, 0.05) is 18.0 Å². The second kappa shape index (κ2) is 6.26. The van der Waals surface area contributed by atoms with Crippen LogP contribution in [-0.4, -0.2) is 16.3 Å². The molecule has 0 bridgehead atoms. The Hall–Kier alpha value is -1.26. The Labute approximate surface area is 119 Å². The van der Waals surface area contributed by atoms with E-state index in [1.807, 2.05) is 18.7 Å². The molecule has 1 atom stereocenters. The highest BCUT2D eigenvalue weighted by Crippen LogP contribution is 2.33. The fraction of sp³-hybridized carbons (Fsp3) is 0.400. The van der Waals surface area contributed by atoms with Crippen LogP contribution >= 0.6 is 11.8 Å². The van der Waals surface area contributed by atoms with Crippen LogP contribution in [0.5, 0.6) is 0 Å². The minimum atomic E-state index is 0.364. The summed E-state index contributed by atoms with van der Waals surface area (Å²) in [5.74, 6) is 0. The van der Waals surface area contributed by atoms with Crippen LogP contribution in [0.2, 0.25) is 0 Å². The SMILES string of the molecule is CCNC(C)c1ccccc1Sc1cc(C)nn1C. The van der Waals surface area contributed by atoms with Gasteiger partial charge in [-0.1, -0.05) is 36.9 Å². The Morgan fingerprint density at radius 1 is 1.37 bits per heavy atom. The minimum Gasteiger partial charge on any atom is -0.310 e. The number of nitrogens with zero attached hydrogens (tertiary/aromatic N) is 2. The average molecular weight is 275 g/mol. The zero-order valence-electron chi connectivity index (χ0n) is 12.0. The van der Waals surface area contributed by atoms with Crippen LogP contribution in [0.25, 0.3) is 0 Å². The molecule has 0 saturated heterocycles. The third-order valence-electron chi connectivity index (χ3n) is 3.07. The van der Waals surface area contributed by atoms with Gasteiger partial charge in [-0.2, -0.15) is 5.10 Å². The van der Waals surface area contributed by atoms with E-state index in [4.69, 9.17) is 0 Å². The van der Waals surface area contributed by atoms with Gasteiger partial charge in [0.2, 0.25) is 0 Å². The van der Waals surface area contributed by atoms with Crippen LogP contribution in [0.15, 0.2) is 40.3 Å². The maximum atomic E-state index is 4.40. The first kappa shape index (κ1) is 14.2. The first-order valence-corrected chi connectivity index (χ1v) is 7.44. The Balaban J connectivity index is 2.27. The quantitative estimate of drug-likeness (QED) is 0.905. The van der Waals surface area contributed by atoms with Crippen molar-refractivity contribution in [3.05, 3.63) is 41.6 Å². The van der Waals surface area contributed by atoms with E-state index in [-0.39, 0.29) is 0 Å². The van der Waals surface area contributed by atoms with Crippen LogP contribution < -0.4 is 5.32 Å². The molecular formula is C15H21N3S. The molecule has 0 aliphatic carbocycles. The second-order valence-electron chi connectivity index (χ2n) is 4.67. The number of hydrogen-bond acceptors (Lipinski definition) is 3. The van der Waals surface area contributed by atoms with E-state index in [9.17, 15) is 0 Å². The highest BCUT2D eigenvalue weighted by molar-refractivity contribution is 7.99. The van der Waals surface area contributed by atoms with Gasteiger partial charge >= 0.3 is 0 Å². The summed E-state index contributed by atoms with van der Waals surface area (Å²) in [6.07, 6.45) is 0. The summed E-state index contributed by atoms with van der Waals surface area (Å²) in [5, 5.41) is 9.04. The summed E-state index contributed by atoms with van der Waals surface area (Å²) in [5.41, 5.74) is 2.40. The zero-order chi connectivity index (χ0) is 13.8. The average Bonchev–Trinajstić information content (AvgIpc) is 2.69. The minimum absolute atomic E-state index is 0.364. The van der Waals surface area contributed by atoms with E-state index in [1.165, 1.54) is 15.5 Å². The highest BCUT2D eigenvalue weighted by Gasteiger charge is 2.12. The summed E-state index contributed by atoms with van der Waals surface area (Å²) < 4.78 is 1.94. The molecule has 102 valence electrons. The molecule has 0 saturated carbocycles. The normalized spacial score (nSPS) is 12.6. The summed E-state index contributed by atoms with van der Waals surface area (Å²) in [4.78, 5) is 1.29. The maximum Gasteiger partial charge on any atom is 0.0987 e. The second-order valence-corrected chi connectivity index (χ2v) is 5.73. The van der Waals surface area contributed by atoms with Crippen LogP contribution in [-0.2, 0) is 7.05 Å². The molecule has 2 aromatic rings. The predicted molar refractivity (Wildman–Crippen MR) is 80.6 cm³/mol. The van der Waals surface area contributed by atoms with Crippen LogP contribution in [0.4, 0.5) is 0 Å². The van der Waals surface area contributed by atoms with Gasteiger partial charge in [-0.25, -0.2) is 0 Å². The first-order chi connectivity index (χ1) is 9.11. The largest absolute Gasteiger partial charge is 0.310 e. The number of hydrogen-bond donors (Lipinski definition) is 1. The molecule has 19 heavy (non-hydrogen) atoms. The van der Waals surface area contributed by atoms with Crippen molar-refractivity contribution in [1.82, 2.24) is 15.1 Å². The molecular weight excluding hydrogens is 254 g/mol. The third kappa shape index (κ3) is 3.39. The van der Waals surface area contributed by atoms with Crippen molar-refractivity contribution in [1.29, 1.82) is 0 Å². The van der Waals surface area contributed by atoms with E-state index in [1.54, 1.807) is 11.8 Å². The lowest BCUT2D eigenvalue weighted by Gasteiger charge is -2.16. The van der Waals surface area contributed by atoms with Crippen molar-refractivity contribution in [2.45, 2.75) is 36.7 Å². The molecule has 1 N–H and O–H groups in total. The molecule has 0 fully saturated rings. The van der Waals surface area contributed by atoms with Crippen molar-refractivity contribution in [3.8, 4) is 0 Å². The smallest absolute Gasteiger partial charge is 0.0987 e. The number of benzene rings is 1. The molecule has 3 nitrogen and oxygen atoms in total. The van der Waals surface area contributed by atoms with E-state index >= 15 is 0 Å². The lowest BCUT2D eigenvalue weighted by Crippen LogP contribution is -2.18. The van der Waals surface area contributed by atoms with E-state index in [0.717, 1.165) is 12.2 Å². The van der Waals surface area contributed by atoms with Gasteiger partial charge < -0.3 is 5.32 Å². The van der Waals surface area contributed by atoms with Crippen molar-refractivity contribution >= 4 is 11.8 Å². The Morgan fingerprint density at radius 3 is 2.74 bits per heavy atom. The molecule has 4 heteroatoms. The molecule has 1 heterocycles. The Bertz CT molecular complexity index is 548. The maximum absolute atomic E-state index is 4.40. The number of aryl methyl sites for hydroxylation is 2. The van der Waals surface area contributed by atoms with Gasteiger partial charge in [0.1, 0.15) is 0 Å². The van der Waals surface area contributed by atoms with Gasteiger partial charge in [-0.05, 0) is 38.1 Å². The van der Waals surface area contributed by atoms with Gasteiger partial charge in [-0.3, -0.25) is 4.68 Å². The summed E-state index contributed by atoms with van der Waals surface area (Å²) in [6.45, 7) is 7.34. The van der Waals surface area contributed by atoms with Crippen molar-refractivity contribution in [2.24, 2.45) is 7.05 Å². The molecule has 1 aromatic carbocycles. The standard InChI is InChI=1S/C15H21N3S/c1-5-16-12(3)13-8-6-7-9-14(13)19-15-10-11(2)17-18(15)4/h6-10,12,16H,5H2,1-4H3. The topological polar surface area (TPSA) is 29.9 Å². The van der Waals surface area contributed by atoms with Crippen molar-refractivity contribution in [2.75, 3.05) is 6.54 Å². The number of aromatic nitrogens is 2. The van der Waals surface area contributed by atoms with Gasteiger partial charge in [0.25, 0.3) is 0 Å². The Kier molecular flexibility index (Phi) is 4.66. The lowest BCUT2D eigenvalue weighted by atomic mass is 10.1. The van der Waals surface area contributed by atoms with E-state index in [0.29, 0.717) is 6.04 Å². The molecule has 1 aromatic heterocycles. The molecule has 0 radical (unpaired) electrons. The molecule has 1 unspecified atom stereocenters. The molecule has 0 amide bonds. The summed E-state index contributed by atoms with van der Waals surface area (Å²) in [6, 6.07) is 11.0. The number of nitrogens with one attached hydrogen (secondary N) is 1. The molecule has 2 rings (SSSR count). The zero-order valence-corrected chi connectivity index (χ0v) is 12.8. The Morgan fingerprint density at radius 2 is 2.11 bits per heavy atom. The number of rotatable bonds is 5. The van der Waals surface area contributed by atoms with Crippen LogP contribution in [0, 0.1) is 6.92 Å².